The zero-order valence-electron chi connectivity index (χ0n) is 12.0. The van der Waals surface area contributed by atoms with Crippen molar-refractivity contribution in [3.8, 4) is 11.4 Å². The minimum Gasteiger partial charge on any atom is -0.467 e. The fourth-order valence-corrected chi connectivity index (χ4v) is 2.64. The number of thiophene rings is 1. The van der Waals surface area contributed by atoms with E-state index in [1.165, 1.54) is 0 Å². The number of furan rings is 1. The second-order valence-corrected chi connectivity index (χ2v) is 5.61. The van der Waals surface area contributed by atoms with Crippen molar-refractivity contribution in [2.45, 2.75) is 25.8 Å². The molecule has 0 radical (unpaired) electrons. The molecule has 6 nitrogen and oxygen atoms in total. The molecule has 1 unspecified atom stereocenters. The van der Waals surface area contributed by atoms with Gasteiger partial charge in [-0.3, -0.25) is 4.79 Å². The molecule has 7 heteroatoms. The molecule has 0 saturated heterocycles. The molecule has 3 heterocycles. The van der Waals surface area contributed by atoms with Crippen molar-refractivity contribution in [2.75, 3.05) is 0 Å². The van der Waals surface area contributed by atoms with Crippen LogP contribution in [0.3, 0.4) is 0 Å². The second kappa shape index (κ2) is 6.57. The molecule has 0 saturated carbocycles. The molecule has 1 amide bonds. The molecule has 0 fully saturated rings. The first-order valence-corrected chi connectivity index (χ1v) is 7.84. The molecule has 1 atom stereocenters. The van der Waals surface area contributed by atoms with Crippen LogP contribution >= 0.6 is 11.3 Å². The molecule has 0 aliphatic carbocycles. The molecule has 3 aromatic heterocycles. The van der Waals surface area contributed by atoms with Crippen molar-refractivity contribution in [2.24, 2.45) is 0 Å². The monoisotopic (exact) mass is 317 g/mol. The molecule has 0 aromatic carbocycles. The van der Waals surface area contributed by atoms with Crippen LogP contribution in [0.25, 0.3) is 11.4 Å². The van der Waals surface area contributed by atoms with Gasteiger partial charge in [-0.15, -0.1) is 0 Å². The van der Waals surface area contributed by atoms with Gasteiger partial charge < -0.3 is 14.3 Å². The number of nitrogens with one attached hydrogen (secondary N) is 1. The number of aryl methyl sites for hydroxylation is 1. The fraction of sp³-hybridized carbons (Fsp3) is 0.267. The van der Waals surface area contributed by atoms with Gasteiger partial charge in [-0.05, 0) is 30.5 Å². The summed E-state index contributed by atoms with van der Waals surface area (Å²) in [6, 6.07) is 5.39. The van der Waals surface area contributed by atoms with Gasteiger partial charge in [0.05, 0.1) is 12.3 Å². The lowest BCUT2D eigenvalue weighted by molar-refractivity contribution is -0.121. The minimum absolute atomic E-state index is 0.0841. The average Bonchev–Trinajstić information content (AvgIpc) is 3.25. The molecule has 3 rings (SSSR count). The Morgan fingerprint density at radius 1 is 1.45 bits per heavy atom. The number of aromatic nitrogens is 2. The third-order valence-electron chi connectivity index (χ3n) is 3.16. The summed E-state index contributed by atoms with van der Waals surface area (Å²) in [5, 5.41) is 10.7. The quantitative estimate of drug-likeness (QED) is 0.755. The maximum Gasteiger partial charge on any atom is 0.227 e. The number of amides is 1. The molecule has 114 valence electrons. The predicted molar refractivity (Wildman–Crippen MR) is 81.2 cm³/mol. The summed E-state index contributed by atoms with van der Waals surface area (Å²) in [5.74, 6) is 1.66. The fourth-order valence-electron chi connectivity index (χ4n) is 2.01. The van der Waals surface area contributed by atoms with Crippen LogP contribution in [0.15, 0.2) is 44.2 Å². The molecule has 0 aliphatic rings. The molecular weight excluding hydrogens is 302 g/mol. The van der Waals surface area contributed by atoms with Gasteiger partial charge in [-0.25, -0.2) is 0 Å². The smallest absolute Gasteiger partial charge is 0.227 e. The van der Waals surface area contributed by atoms with Gasteiger partial charge in [-0.1, -0.05) is 5.16 Å². The van der Waals surface area contributed by atoms with Crippen LogP contribution in [-0.4, -0.2) is 16.0 Å². The first-order chi connectivity index (χ1) is 10.7. The SMILES string of the molecule is CC(NC(=O)CCc1nc(-c2ccsc2)no1)c1ccco1. The van der Waals surface area contributed by atoms with Gasteiger partial charge in [0.25, 0.3) is 0 Å². The summed E-state index contributed by atoms with van der Waals surface area (Å²) in [6.45, 7) is 1.87. The van der Waals surface area contributed by atoms with E-state index in [2.05, 4.69) is 15.5 Å². The molecule has 0 aliphatic heterocycles. The van der Waals surface area contributed by atoms with Crippen LogP contribution in [0.5, 0.6) is 0 Å². The highest BCUT2D eigenvalue weighted by Crippen LogP contribution is 2.19. The Labute approximate surface area is 131 Å². The Hall–Kier alpha value is -2.41. The highest BCUT2D eigenvalue weighted by molar-refractivity contribution is 7.08. The molecule has 1 N–H and O–H groups in total. The van der Waals surface area contributed by atoms with Crippen molar-refractivity contribution in [3.05, 3.63) is 46.9 Å². The zero-order valence-corrected chi connectivity index (χ0v) is 12.8. The lowest BCUT2D eigenvalue weighted by Crippen LogP contribution is -2.26. The van der Waals surface area contributed by atoms with Crippen molar-refractivity contribution in [1.82, 2.24) is 15.5 Å². The number of rotatable bonds is 6. The van der Waals surface area contributed by atoms with E-state index in [0.29, 0.717) is 18.1 Å². The van der Waals surface area contributed by atoms with E-state index in [9.17, 15) is 4.79 Å². The van der Waals surface area contributed by atoms with E-state index in [4.69, 9.17) is 8.94 Å². The Kier molecular flexibility index (Phi) is 4.34. The maximum atomic E-state index is 11.9. The van der Waals surface area contributed by atoms with Gasteiger partial charge in [-0.2, -0.15) is 16.3 Å². The van der Waals surface area contributed by atoms with E-state index in [0.717, 1.165) is 11.3 Å². The highest BCUT2D eigenvalue weighted by atomic mass is 32.1. The zero-order chi connectivity index (χ0) is 15.4. The van der Waals surface area contributed by atoms with Gasteiger partial charge in [0.1, 0.15) is 5.76 Å². The minimum atomic E-state index is -0.161. The third-order valence-corrected chi connectivity index (χ3v) is 3.84. The third kappa shape index (κ3) is 3.43. The van der Waals surface area contributed by atoms with Crippen molar-refractivity contribution in [3.63, 3.8) is 0 Å². The van der Waals surface area contributed by atoms with Crippen LogP contribution in [0.1, 0.15) is 31.0 Å². The molecule has 0 spiro atoms. The van der Waals surface area contributed by atoms with Crippen LogP contribution in [-0.2, 0) is 11.2 Å². The number of nitrogens with zero attached hydrogens (tertiary/aromatic N) is 2. The van der Waals surface area contributed by atoms with E-state index in [1.807, 2.05) is 29.8 Å². The predicted octanol–water partition coefficient (Wildman–Crippen LogP) is 3.20. The van der Waals surface area contributed by atoms with Crippen molar-refractivity contribution < 1.29 is 13.7 Å². The Bertz CT molecular complexity index is 719. The van der Waals surface area contributed by atoms with E-state index in [-0.39, 0.29) is 18.4 Å². The van der Waals surface area contributed by atoms with Gasteiger partial charge in [0.2, 0.25) is 17.6 Å². The number of carbonyl (C=O) groups excluding carboxylic acids is 1. The van der Waals surface area contributed by atoms with E-state index >= 15 is 0 Å². The topological polar surface area (TPSA) is 81.2 Å². The summed E-state index contributed by atoms with van der Waals surface area (Å²) < 4.78 is 10.4. The molecule has 0 bridgehead atoms. The van der Waals surface area contributed by atoms with Gasteiger partial charge in [0.15, 0.2) is 0 Å². The van der Waals surface area contributed by atoms with Gasteiger partial charge in [0, 0.05) is 23.8 Å². The molecular formula is C15H15N3O3S. The molecule has 3 aromatic rings. The number of hydrogen-bond acceptors (Lipinski definition) is 6. The van der Waals surface area contributed by atoms with Crippen LogP contribution in [0.2, 0.25) is 0 Å². The van der Waals surface area contributed by atoms with Gasteiger partial charge >= 0.3 is 0 Å². The summed E-state index contributed by atoms with van der Waals surface area (Å²) in [7, 11) is 0. The van der Waals surface area contributed by atoms with Crippen molar-refractivity contribution in [1.29, 1.82) is 0 Å². The summed E-state index contributed by atoms with van der Waals surface area (Å²) in [5.41, 5.74) is 0.927. The Morgan fingerprint density at radius 3 is 3.09 bits per heavy atom. The number of hydrogen-bond donors (Lipinski definition) is 1. The second-order valence-electron chi connectivity index (χ2n) is 4.83. The van der Waals surface area contributed by atoms with E-state index < -0.39 is 0 Å². The van der Waals surface area contributed by atoms with Crippen LogP contribution in [0, 0.1) is 0 Å². The Balaban J connectivity index is 1.51. The normalized spacial score (nSPS) is 12.2. The standard InChI is InChI=1S/C15H15N3O3S/c1-10(12-3-2-7-20-12)16-13(19)4-5-14-17-15(18-21-14)11-6-8-22-9-11/h2-3,6-10H,4-5H2,1H3,(H,16,19). The van der Waals surface area contributed by atoms with Crippen LogP contribution < -0.4 is 5.32 Å². The first kappa shape index (κ1) is 14.5. The summed E-state index contributed by atoms with van der Waals surface area (Å²) >= 11 is 1.57. The largest absolute Gasteiger partial charge is 0.467 e. The van der Waals surface area contributed by atoms with Crippen molar-refractivity contribution >= 4 is 17.2 Å². The molecule has 22 heavy (non-hydrogen) atoms. The first-order valence-electron chi connectivity index (χ1n) is 6.90. The maximum absolute atomic E-state index is 11.9. The summed E-state index contributed by atoms with van der Waals surface area (Å²) in [6.07, 6.45) is 2.28. The lowest BCUT2D eigenvalue weighted by atomic mass is 10.2. The summed E-state index contributed by atoms with van der Waals surface area (Å²) in [4.78, 5) is 16.2. The van der Waals surface area contributed by atoms with Crippen LogP contribution in [0.4, 0.5) is 0 Å². The Morgan fingerprint density at radius 2 is 2.36 bits per heavy atom. The number of carbonyl (C=O) groups is 1. The highest BCUT2D eigenvalue weighted by Gasteiger charge is 2.14. The van der Waals surface area contributed by atoms with E-state index in [1.54, 1.807) is 23.7 Å². The average molecular weight is 317 g/mol. The lowest BCUT2D eigenvalue weighted by Gasteiger charge is -2.10.